The van der Waals surface area contributed by atoms with Crippen molar-refractivity contribution in [2.24, 2.45) is 0 Å². The molecule has 0 aliphatic carbocycles. The number of aromatic hydroxyl groups is 2. The number of ketones is 2. The van der Waals surface area contributed by atoms with Crippen LogP contribution in [0.25, 0.3) is 0 Å². The van der Waals surface area contributed by atoms with Gasteiger partial charge in [-0.15, -0.1) is 0 Å². The summed E-state index contributed by atoms with van der Waals surface area (Å²) in [7, 11) is 0. The smallest absolute Gasteiger partial charge is 0.235 e. The molecular weight excluding hydrogens is 300 g/mol. The molecule has 9 nitrogen and oxygen atoms in total. The van der Waals surface area contributed by atoms with Crippen LogP contribution < -0.4 is 0 Å². The molecule has 0 radical (unpaired) electrons. The molecule has 0 spiro atoms. The molecule has 0 heterocycles. The molecule has 0 aliphatic heterocycles. The normalized spacial score (nSPS) is 16.6. The number of rotatable bonds is 7. The Hall–Kier alpha value is -2.04. The number of Topliss-reactive ketones (excluding diaryl/α,β-unsaturated/α-hetero) is 2. The van der Waals surface area contributed by atoms with Gasteiger partial charge in [-0.05, 0) is 18.2 Å². The Morgan fingerprint density at radius 3 is 2.14 bits per heavy atom. The summed E-state index contributed by atoms with van der Waals surface area (Å²) in [6.07, 6.45) is -8.54. The molecule has 1 aromatic carbocycles. The maximum atomic E-state index is 11.8. The highest BCUT2D eigenvalue weighted by Gasteiger charge is 2.37. The van der Waals surface area contributed by atoms with Gasteiger partial charge in [-0.2, -0.15) is 0 Å². The number of benzene rings is 1. The Kier molecular flexibility index (Phi) is 5.97. The van der Waals surface area contributed by atoms with Crippen LogP contribution in [0.2, 0.25) is 0 Å². The lowest BCUT2D eigenvalue weighted by Crippen LogP contribution is -2.50. The van der Waals surface area contributed by atoms with Crippen LogP contribution >= 0.6 is 0 Å². The highest BCUT2D eigenvalue weighted by atomic mass is 16.4. The molecule has 0 saturated heterocycles. The van der Waals surface area contributed by atoms with Crippen LogP contribution in [0.3, 0.4) is 0 Å². The minimum absolute atomic E-state index is 0.417. The molecule has 4 atom stereocenters. The molecule has 0 aliphatic rings. The molecule has 0 saturated carbocycles. The average molecular weight is 316 g/mol. The highest BCUT2D eigenvalue weighted by Crippen LogP contribution is 2.23. The summed E-state index contributed by atoms with van der Waals surface area (Å²) in [6.45, 7) is -0.944. The van der Waals surface area contributed by atoms with E-state index >= 15 is 0 Å². The first-order valence-electron chi connectivity index (χ1n) is 6.14. The fraction of sp³-hybridized carbons (Fsp3) is 0.385. The number of aliphatic hydroxyl groups is 5. The molecule has 122 valence electrons. The SMILES string of the molecule is O=C(C(=O)C(O)C(O)C(O)C(O)CO)c1cc(O)ccc1O. The molecule has 7 N–H and O–H groups in total. The van der Waals surface area contributed by atoms with Crippen molar-refractivity contribution in [2.45, 2.75) is 24.4 Å². The van der Waals surface area contributed by atoms with E-state index in [0.717, 1.165) is 18.2 Å². The molecular formula is C13H16O9. The van der Waals surface area contributed by atoms with Gasteiger partial charge in [0.25, 0.3) is 0 Å². The second-order valence-corrected chi connectivity index (χ2v) is 4.57. The van der Waals surface area contributed by atoms with Crippen molar-refractivity contribution >= 4 is 11.6 Å². The maximum absolute atomic E-state index is 11.8. The Labute approximate surface area is 124 Å². The lowest BCUT2D eigenvalue weighted by Gasteiger charge is -2.24. The topological polar surface area (TPSA) is 176 Å². The van der Waals surface area contributed by atoms with E-state index in [1.165, 1.54) is 0 Å². The van der Waals surface area contributed by atoms with Crippen LogP contribution in [0.5, 0.6) is 11.5 Å². The van der Waals surface area contributed by atoms with Gasteiger partial charge < -0.3 is 35.7 Å². The summed E-state index contributed by atoms with van der Waals surface area (Å²) in [4.78, 5) is 23.6. The van der Waals surface area contributed by atoms with Crippen molar-refractivity contribution in [3.8, 4) is 11.5 Å². The molecule has 0 amide bonds. The first-order valence-corrected chi connectivity index (χ1v) is 6.14. The Balaban J connectivity index is 2.95. The quantitative estimate of drug-likeness (QED) is 0.160. The summed E-state index contributed by atoms with van der Waals surface area (Å²) in [5, 5.41) is 64.9. The van der Waals surface area contributed by atoms with Crippen molar-refractivity contribution in [2.75, 3.05) is 6.61 Å². The summed E-state index contributed by atoms with van der Waals surface area (Å²) < 4.78 is 0. The van der Waals surface area contributed by atoms with Gasteiger partial charge in [0.05, 0.1) is 12.2 Å². The van der Waals surface area contributed by atoms with Gasteiger partial charge in [-0.1, -0.05) is 0 Å². The van der Waals surface area contributed by atoms with Gasteiger partial charge in [-0.3, -0.25) is 9.59 Å². The zero-order valence-corrected chi connectivity index (χ0v) is 11.2. The lowest BCUT2D eigenvalue weighted by molar-refractivity contribution is -0.143. The van der Waals surface area contributed by atoms with E-state index in [9.17, 15) is 35.1 Å². The van der Waals surface area contributed by atoms with E-state index in [1.54, 1.807) is 0 Å². The summed E-state index contributed by atoms with van der Waals surface area (Å²) in [5.74, 6) is -4.03. The highest BCUT2D eigenvalue weighted by molar-refractivity contribution is 6.45. The number of phenolic OH excluding ortho intramolecular Hbond substituents is 2. The van der Waals surface area contributed by atoms with Crippen LogP contribution in [-0.4, -0.2) is 78.3 Å². The molecule has 1 rings (SSSR count). The summed E-state index contributed by atoms with van der Waals surface area (Å²) >= 11 is 0. The predicted molar refractivity (Wildman–Crippen MR) is 70.2 cm³/mol. The maximum Gasteiger partial charge on any atom is 0.235 e. The van der Waals surface area contributed by atoms with E-state index in [-0.39, 0.29) is 0 Å². The summed E-state index contributed by atoms with van der Waals surface area (Å²) in [6, 6.07) is 2.79. The molecule has 1 aromatic rings. The standard InChI is InChI=1S/C13H16O9/c14-4-8(17)10(19)12(21)13(22)11(20)9(18)6-3-5(15)1-2-7(6)16/h1-3,8,10,12-17,19,21-22H,4H2. The Bertz CT molecular complexity index is 556. The van der Waals surface area contributed by atoms with Gasteiger partial charge in [0, 0.05) is 0 Å². The van der Waals surface area contributed by atoms with Crippen LogP contribution in [0.1, 0.15) is 10.4 Å². The molecule has 4 unspecified atom stereocenters. The number of carbonyl (C=O) groups is 2. The fourth-order valence-corrected chi connectivity index (χ4v) is 1.65. The van der Waals surface area contributed by atoms with Crippen LogP contribution in [-0.2, 0) is 4.79 Å². The van der Waals surface area contributed by atoms with Gasteiger partial charge in [-0.25, -0.2) is 0 Å². The molecule has 22 heavy (non-hydrogen) atoms. The van der Waals surface area contributed by atoms with Crippen molar-refractivity contribution in [3.63, 3.8) is 0 Å². The van der Waals surface area contributed by atoms with Crippen LogP contribution in [0.15, 0.2) is 18.2 Å². The summed E-state index contributed by atoms with van der Waals surface area (Å²) in [5.41, 5.74) is -0.603. The number of hydrogen-bond acceptors (Lipinski definition) is 9. The number of phenols is 2. The molecule has 0 fully saturated rings. The third-order valence-electron chi connectivity index (χ3n) is 2.97. The number of hydrogen-bond donors (Lipinski definition) is 7. The van der Waals surface area contributed by atoms with Crippen molar-refractivity contribution in [1.82, 2.24) is 0 Å². The first kappa shape index (κ1) is 18.0. The van der Waals surface area contributed by atoms with Gasteiger partial charge in [0.15, 0.2) is 0 Å². The first-order chi connectivity index (χ1) is 10.2. The minimum Gasteiger partial charge on any atom is -0.508 e. The number of carbonyl (C=O) groups excluding carboxylic acids is 2. The largest absolute Gasteiger partial charge is 0.508 e. The monoisotopic (exact) mass is 316 g/mol. The average Bonchev–Trinajstić information content (AvgIpc) is 2.52. The van der Waals surface area contributed by atoms with E-state index < -0.39 is 59.7 Å². The van der Waals surface area contributed by atoms with E-state index in [1.807, 2.05) is 0 Å². The second kappa shape index (κ2) is 7.29. The Morgan fingerprint density at radius 1 is 1.00 bits per heavy atom. The fourth-order valence-electron chi connectivity index (χ4n) is 1.65. The van der Waals surface area contributed by atoms with Crippen LogP contribution in [0, 0.1) is 0 Å². The molecule has 9 heteroatoms. The zero-order valence-electron chi connectivity index (χ0n) is 11.2. The van der Waals surface area contributed by atoms with Crippen molar-refractivity contribution in [3.05, 3.63) is 23.8 Å². The molecule has 0 bridgehead atoms. The predicted octanol–water partition coefficient (Wildman–Crippen LogP) is -2.71. The van der Waals surface area contributed by atoms with Gasteiger partial charge in [0.1, 0.15) is 35.9 Å². The minimum atomic E-state index is -2.40. The second-order valence-electron chi connectivity index (χ2n) is 4.57. The van der Waals surface area contributed by atoms with Gasteiger partial charge in [0.2, 0.25) is 11.6 Å². The lowest BCUT2D eigenvalue weighted by atomic mass is 9.95. The third kappa shape index (κ3) is 3.78. The van der Waals surface area contributed by atoms with Crippen LogP contribution in [0.4, 0.5) is 0 Å². The van der Waals surface area contributed by atoms with Crippen molar-refractivity contribution in [1.29, 1.82) is 0 Å². The van der Waals surface area contributed by atoms with E-state index in [0.29, 0.717) is 0 Å². The zero-order chi connectivity index (χ0) is 17.0. The number of aliphatic hydroxyl groups excluding tert-OH is 5. The molecule has 0 aromatic heterocycles. The van der Waals surface area contributed by atoms with E-state index in [2.05, 4.69) is 0 Å². The Morgan fingerprint density at radius 2 is 1.59 bits per heavy atom. The third-order valence-corrected chi connectivity index (χ3v) is 2.97. The van der Waals surface area contributed by atoms with Gasteiger partial charge >= 0.3 is 0 Å². The van der Waals surface area contributed by atoms with E-state index in [4.69, 9.17) is 10.2 Å². The van der Waals surface area contributed by atoms with Crippen molar-refractivity contribution < 1.29 is 45.3 Å².